The van der Waals surface area contributed by atoms with E-state index >= 15 is 0 Å². The van der Waals surface area contributed by atoms with E-state index in [1.807, 2.05) is 13.8 Å². The number of rotatable bonds is 8. The molecule has 0 aromatic carbocycles. The fraction of sp³-hybridized carbons (Fsp3) is 0.818. The van der Waals surface area contributed by atoms with E-state index in [-0.39, 0.29) is 24.4 Å². The average Bonchev–Trinajstić information content (AvgIpc) is 2.16. The van der Waals surface area contributed by atoms with Crippen LogP contribution in [-0.4, -0.2) is 29.1 Å². The minimum atomic E-state index is -0.800. The largest absolute Gasteiger partial charge is 0.481 e. The highest BCUT2D eigenvalue weighted by Crippen LogP contribution is 2.01. The van der Waals surface area contributed by atoms with E-state index in [2.05, 4.69) is 5.32 Å². The molecule has 2 unspecified atom stereocenters. The van der Waals surface area contributed by atoms with Crippen molar-refractivity contribution >= 4 is 11.9 Å². The molecule has 0 fully saturated rings. The molecule has 0 rings (SSSR count). The number of carbonyl (C=O) groups excluding carboxylic acids is 1. The summed E-state index contributed by atoms with van der Waals surface area (Å²) in [5.74, 6) is -0.858. The first-order chi connectivity index (χ1) is 7.45. The zero-order chi connectivity index (χ0) is 12.6. The predicted molar refractivity (Wildman–Crippen MR) is 62.0 cm³/mol. The molecular formula is C11H22N2O3. The molecular weight excluding hydrogens is 208 g/mol. The SMILES string of the molecule is CCC(N)CC(=O)NC(C)CCCC(=O)O. The molecule has 16 heavy (non-hydrogen) atoms. The number of hydrogen-bond acceptors (Lipinski definition) is 3. The minimum absolute atomic E-state index is 0.0101. The molecule has 2 atom stereocenters. The first-order valence-corrected chi connectivity index (χ1v) is 5.72. The Balaban J connectivity index is 3.65. The van der Waals surface area contributed by atoms with Crippen molar-refractivity contribution < 1.29 is 14.7 Å². The average molecular weight is 230 g/mol. The third kappa shape index (κ3) is 8.23. The van der Waals surface area contributed by atoms with Gasteiger partial charge in [0.05, 0.1) is 0 Å². The van der Waals surface area contributed by atoms with Crippen LogP contribution in [0.5, 0.6) is 0 Å². The number of nitrogens with one attached hydrogen (secondary N) is 1. The van der Waals surface area contributed by atoms with Crippen LogP contribution in [0.4, 0.5) is 0 Å². The van der Waals surface area contributed by atoms with E-state index in [0.717, 1.165) is 6.42 Å². The lowest BCUT2D eigenvalue weighted by Gasteiger charge is -2.15. The van der Waals surface area contributed by atoms with Crippen molar-refractivity contribution in [3.63, 3.8) is 0 Å². The highest BCUT2D eigenvalue weighted by Gasteiger charge is 2.10. The molecule has 4 N–H and O–H groups in total. The summed E-state index contributed by atoms with van der Waals surface area (Å²) in [6.07, 6.45) is 2.52. The summed E-state index contributed by atoms with van der Waals surface area (Å²) in [5.41, 5.74) is 5.65. The van der Waals surface area contributed by atoms with Gasteiger partial charge in [-0.25, -0.2) is 0 Å². The second-order valence-corrected chi connectivity index (χ2v) is 4.13. The molecule has 0 saturated heterocycles. The van der Waals surface area contributed by atoms with E-state index in [4.69, 9.17) is 10.8 Å². The zero-order valence-corrected chi connectivity index (χ0v) is 10.0. The van der Waals surface area contributed by atoms with Crippen LogP contribution in [0.25, 0.3) is 0 Å². The highest BCUT2D eigenvalue weighted by atomic mass is 16.4. The molecule has 1 amide bonds. The maximum Gasteiger partial charge on any atom is 0.303 e. The van der Waals surface area contributed by atoms with Gasteiger partial charge in [-0.1, -0.05) is 6.92 Å². The summed E-state index contributed by atoms with van der Waals surface area (Å²) in [7, 11) is 0. The quantitative estimate of drug-likeness (QED) is 0.577. The van der Waals surface area contributed by atoms with Crippen LogP contribution in [0.1, 0.15) is 46.0 Å². The van der Waals surface area contributed by atoms with Gasteiger partial charge in [0, 0.05) is 24.9 Å². The molecule has 0 heterocycles. The van der Waals surface area contributed by atoms with Crippen molar-refractivity contribution in [3.8, 4) is 0 Å². The number of amides is 1. The molecule has 0 aromatic heterocycles. The summed E-state index contributed by atoms with van der Waals surface area (Å²) in [4.78, 5) is 21.7. The van der Waals surface area contributed by atoms with E-state index in [9.17, 15) is 9.59 Å². The molecule has 0 aliphatic carbocycles. The van der Waals surface area contributed by atoms with Gasteiger partial charge >= 0.3 is 5.97 Å². The van der Waals surface area contributed by atoms with Gasteiger partial charge in [-0.05, 0) is 26.2 Å². The second-order valence-electron chi connectivity index (χ2n) is 4.13. The fourth-order valence-electron chi connectivity index (χ4n) is 1.35. The van der Waals surface area contributed by atoms with E-state index in [1.165, 1.54) is 0 Å². The Morgan fingerprint density at radius 3 is 2.56 bits per heavy atom. The second kappa shape index (κ2) is 8.10. The molecule has 0 bridgehead atoms. The first-order valence-electron chi connectivity index (χ1n) is 5.72. The van der Waals surface area contributed by atoms with Gasteiger partial charge in [-0.3, -0.25) is 9.59 Å². The Hall–Kier alpha value is -1.10. The molecule has 0 saturated carbocycles. The summed E-state index contributed by atoms with van der Waals surface area (Å²) in [6, 6.07) is -0.0814. The van der Waals surface area contributed by atoms with Gasteiger partial charge in [0.15, 0.2) is 0 Å². The van der Waals surface area contributed by atoms with Gasteiger partial charge in [-0.2, -0.15) is 0 Å². The Morgan fingerprint density at radius 2 is 2.06 bits per heavy atom. The monoisotopic (exact) mass is 230 g/mol. The maximum atomic E-state index is 11.4. The van der Waals surface area contributed by atoms with Gasteiger partial charge < -0.3 is 16.2 Å². The van der Waals surface area contributed by atoms with Crippen molar-refractivity contribution in [2.75, 3.05) is 0 Å². The van der Waals surface area contributed by atoms with Gasteiger partial charge in [0.25, 0.3) is 0 Å². The Labute approximate surface area is 96.4 Å². The molecule has 0 spiro atoms. The highest BCUT2D eigenvalue weighted by molar-refractivity contribution is 5.76. The lowest BCUT2D eigenvalue weighted by molar-refractivity contribution is -0.137. The van der Waals surface area contributed by atoms with Crippen LogP contribution in [0.3, 0.4) is 0 Å². The Bertz CT molecular complexity index is 231. The minimum Gasteiger partial charge on any atom is -0.481 e. The summed E-state index contributed by atoms with van der Waals surface area (Å²) >= 11 is 0. The fourth-order valence-corrected chi connectivity index (χ4v) is 1.35. The van der Waals surface area contributed by atoms with Gasteiger partial charge in [0.1, 0.15) is 0 Å². The number of nitrogens with two attached hydrogens (primary N) is 1. The van der Waals surface area contributed by atoms with Crippen molar-refractivity contribution in [1.82, 2.24) is 5.32 Å². The summed E-state index contributed by atoms with van der Waals surface area (Å²) in [5, 5.41) is 11.3. The maximum absolute atomic E-state index is 11.4. The smallest absolute Gasteiger partial charge is 0.303 e. The van der Waals surface area contributed by atoms with Crippen LogP contribution in [-0.2, 0) is 9.59 Å². The standard InChI is InChI=1S/C11H22N2O3/c1-3-9(12)7-10(14)13-8(2)5-4-6-11(15)16/h8-9H,3-7,12H2,1-2H3,(H,13,14)(H,15,16). The first kappa shape index (κ1) is 14.9. The van der Waals surface area contributed by atoms with Gasteiger partial charge in [0.2, 0.25) is 5.91 Å². The summed E-state index contributed by atoms with van der Waals surface area (Å²) in [6.45, 7) is 3.81. The molecule has 0 radical (unpaired) electrons. The van der Waals surface area contributed by atoms with Crippen LogP contribution >= 0.6 is 0 Å². The Kier molecular flexibility index (Phi) is 7.54. The van der Waals surface area contributed by atoms with Crippen molar-refractivity contribution in [1.29, 1.82) is 0 Å². The molecule has 94 valence electrons. The number of carboxylic acid groups (broad SMARTS) is 1. The summed E-state index contributed by atoms with van der Waals surface area (Å²) < 4.78 is 0. The lowest BCUT2D eigenvalue weighted by atomic mass is 10.1. The van der Waals surface area contributed by atoms with Crippen molar-refractivity contribution in [2.24, 2.45) is 5.73 Å². The van der Waals surface area contributed by atoms with Gasteiger partial charge in [-0.15, -0.1) is 0 Å². The van der Waals surface area contributed by atoms with Crippen molar-refractivity contribution in [2.45, 2.75) is 58.0 Å². The topological polar surface area (TPSA) is 92.4 Å². The lowest BCUT2D eigenvalue weighted by Crippen LogP contribution is -2.36. The van der Waals surface area contributed by atoms with Crippen LogP contribution in [0.2, 0.25) is 0 Å². The molecule has 5 heteroatoms. The van der Waals surface area contributed by atoms with E-state index in [0.29, 0.717) is 19.3 Å². The molecule has 0 aromatic rings. The van der Waals surface area contributed by atoms with Crippen LogP contribution < -0.4 is 11.1 Å². The number of hydrogen-bond donors (Lipinski definition) is 3. The predicted octanol–water partition coefficient (Wildman–Crippen LogP) is 0.873. The normalized spacial score (nSPS) is 14.2. The van der Waals surface area contributed by atoms with Crippen molar-refractivity contribution in [3.05, 3.63) is 0 Å². The molecule has 5 nitrogen and oxygen atoms in total. The van der Waals surface area contributed by atoms with E-state index in [1.54, 1.807) is 0 Å². The van der Waals surface area contributed by atoms with Crippen LogP contribution in [0.15, 0.2) is 0 Å². The zero-order valence-electron chi connectivity index (χ0n) is 10.0. The number of aliphatic carboxylic acids is 1. The molecule has 0 aliphatic heterocycles. The number of carbonyl (C=O) groups is 2. The molecule has 0 aliphatic rings. The van der Waals surface area contributed by atoms with E-state index < -0.39 is 5.97 Å². The Morgan fingerprint density at radius 1 is 1.44 bits per heavy atom. The number of carboxylic acids is 1. The van der Waals surface area contributed by atoms with Crippen LogP contribution in [0, 0.1) is 0 Å². The third-order valence-corrected chi connectivity index (χ3v) is 2.41. The third-order valence-electron chi connectivity index (χ3n) is 2.41.